The number of benzene rings is 1. The molecule has 0 bridgehead atoms. The first-order valence-corrected chi connectivity index (χ1v) is 4.07. The Hall–Kier alpha value is -1.31. The molecule has 12 heavy (non-hydrogen) atoms. The molecule has 0 aliphatic heterocycles. The van der Waals surface area contributed by atoms with E-state index in [1.807, 2.05) is 30.3 Å². The lowest BCUT2D eigenvalue weighted by Gasteiger charge is -1.99. The van der Waals surface area contributed by atoms with Gasteiger partial charge < -0.3 is 5.32 Å². The molecule has 64 valence electrons. The third-order valence-electron chi connectivity index (χ3n) is 1.76. The highest BCUT2D eigenvalue weighted by molar-refractivity contribution is 5.75. The van der Waals surface area contributed by atoms with Crippen LogP contribution in [-0.2, 0) is 11.2 Å². The van der Waals surface area contributed by atoms with Gasteiger partial charge in [0.15, 0.2) is 0 Å². The summed E-state index contributed by atoms with van der Waals surface area (Å²) >= 11 is 0. The van der Waals surface area contributed by atoms with Crippen molar-refractivity contribution in [1.82, 2.24) is 5.32 Å². The Kier molecular flexibility index (Phi) is 3.33. The van der Waals surface area contributed by atoms with Crippen molar-refractivity contribution < 1.29 is 4.79 Å². The third kappa shape index (κ3) is 2.74. The molecular formula is C10H13NO. The summed E-state index contributed by atoms with van der Waals surface area (Å²) in [4.78, 5) is 10.9. The normalized spacial score (nSPS) is 9.42. The highest BCUT2D eigenvalue weighted by Gasteiger charge is 1.97. The van der Waals surface area contributed by atoms with Crippen LogP contribution in [0.4, 0.5) is 0 Å². The van der Waals surface area contributed by atoms with Crippen LogP contribution in [0.15, 0.2) is 30.3 Å². The summed E-state index contributed by atoms with van der Waals surface area (Å²) < 4.78 is 0. The van der Waals surface area contributed by atoms with Crippen molar-refractivity contribution in [2.24, 2.45) is 0 Å². The highest BCUT2D eigenvalue weighted by Crippen LogP contribution is 2.01. The number of nitrogens with one attached hydrogen (secondary N) is 1. The lowest BCUT2D eigenvalue weighted by Crippen LogP contribution is -2.17. The van der Waals surface area contributed by atoms with Gasteiger partial charge in [-0.3, -0.25) is 4.79 Å². The SMILES string of the molecule is CNC(=O)CCc1ccccc1. The smallest absolute Gasteiger partial charge is 0.220 e. The van der Waals surface area contributed by atoms with Crippen molar-refractivity contribution in [2.75, 3.05) is 7.05 Å². The van der Waals surface area contributed by atoms with E-state index in [1.54, 1.807) is 7.05 Å². The zero-order valence-electron chi connectivity index (χ0n) is 7.21. The van der Waals surface area contributed by atoms with Crippen LogP contribution in [0.25, 0.3) is 0 Å². The topological polar surface area (TPSA) is 29.1 Å². The van der Waals surface area contributed by atoms with Crippen LogP contribution in [0.5, 0.6) is 0 Å². The number of amides is 1. The number of hydrogen-bond donors (Lipinski definition) is 1. The molecule has 0 saturated heterocycles. The van der Waals surface area contributed by atoms with Crippen LogP contribution in [0, 0.1) is 0 Å². The van der Waals surface area contributed by atoms with Crippen LogP contribution in [0.1, 0.15) is 12.0 Å². The molecule has 1 rings (SSSR count). The molecule has 0 heterocycles. The van der Waals surface area contributed by atoms with Crippen LogP contribution in [0.3, 0.4) is 0 Å². The van der Waals surface area contributed by atoms with E-state index < -0.39 is 0 Å². The van der Waals surface area contributed by atoms with Gasteiger partial charge in [-0.15, -0.1) is 0 Å². The largest absolute Gasteiger partial charge is 0.359 e. The molecule has 2 nitrogen and oxygen atoms in total. The molecule has 0 radical (unpaired) electrons. The minimum atomic E-state index is 0.0962. The van der Waals surface area contributed by atoms with Gasteiger partial charge in [0, 0.05) is 13.5 Å². The van der Waals surface area contributed by atoms with Crippen molar-refractivity contribution in [1.29, 1.82) is 0 Å². The van der Waals surface area contributed by atoms with Crippen molar-refractivity contribution in [3.8, 4) is 0 Å². The van der Waals surface area contributed by atoms with Gasteiger partial charge in [0.05, 0.1) is 0 Å². The summed E-state index contributed by atoms with van der Waals surface area (Å²) in [6, 6.07) is 10.0. The van der Waals surface area contributed by atoms with E-state index in [4.69, 9.17) is 0 Å². The number of aryl methyl sites for hydroxylation is 1. The van der Waals surface area contributed by atoms with Gasteiger partial charge in [-0.1, -0.05) is 30.3 Å². The van der Waals surface area contributed by atoms with E-state index in [0.29, 0.717) is 6.42 Å². The molecule has 0 saturated carbocycles. The Labute approximate surface area is 72.6 Å². The molecule has 1 amide bonds. The van der Waals surface area contributed by atoms with E-state index >= 15 is 0 Å². The Bertz CT molecular complexity index is 243. The van der Waals surface area contributed by atoms with Crippen LogP contribution in [0.2, 0.25) is 0 Å². The Morgan fingerprint density at radius 2 is 2.00 bits per heavy atom. The fourth-order valence-electron chi connectivity index (χ4n) is 1.03. The van der Waals surface area contributed by atoms with E-state index in [-0.39, 0.29) is 5.91 Å². The van der Waals surface area contributed by atoms with E-state index in [0.717, 1.165) is 6.42 Å². The quantitative estimate of drug-likeness (QED) is 0.716. The van der Waals surface area contributed by atoms with Gasteiger partial charge in [-0.05, 0) is 12.0 Å². The second-order valence-electron chi connectivity index (χ2n) is 2.66. The van der Waals surface area contributed by atoms with Crippen LogP contribution >= 0.6 is 0 Å². The summed E-state index contributed by atoms with van der Waals surface area (Å²) in [5.41, 5.74) is 1.21. The molecular weight excluding hydrogens is 150 g/mol. The van der Waals surface area contributed by atoms with Gasteiger partial charge in [0.1, 0.15) is 0 Å². The molecule has 0 aromatic heterocycles. The summed E-state index contributed by atoms with van der Waals surface area (Å²) in [6.45, 7) is 0. The predicted octanol–water partition coefficient (Wildman–Crippen LogP) is 1.37. The average Bonchev–Trinajstić information content (AvgIpc) is 2.16. The molecule has 0 spiro atoms. The summed E-state index contributed by atoms with van der Waals surface area (Å²) in [6.07, 6.45) is 1.39. The fraction of sp³-hybridized carbons (Fsp3) is 0.300. The van der Waals surface area contributed by atoms with Gasteiger partial charge in [0.2, 0.25) is 5.91 Å². The zero-order chi connectivity index (χ0) is 8.81. The van der Waals surface area contributed by atoms with Crippen molar-refractivity contribution in [2.45, 2.75) is 12.8 Å². The van der Waals surface area contributed by atoms with E-state index in [1.165, 1.54) is 5.56 Å². The zero-order valence-corrected chi connectivity index (χ0v) is 7.21. The maximum Gasteiger partial charge on any atom is 0.220 e. The average molecular weight is 163 g/mol. The van der Waals surface area contributed by atoms with Gasteiger partial charge in [0.25, 0.3) is 0 Å². The monoisotopic (exact) mass is 163 g/mol. The van der Waals surface area contributed by atoms with Crippen LogP contribution < -0.4 is 5.32 Å². The molecule has 0 aliphatic rings. The van der Waals surface area contributed by atoms with Gasteiger partial charge in [-0.2, -0.15) is 0 Å². The summed E-state index contributed by atoms with van der Waals surface area (Å²) in [5, 5.41) is 2.60. The first-order valence-electron chi connectivity index (χ1n) is 4.07. The summed E-state index contributed by atoms with van der Waals surface area (Å²) in [5.74, 6) is 0.0962. The fourth-order valence-corrected chi connectivity index (χ4v) is 1.03. The molecule has 0 aliphatic carbocycles. The molecule has 2 heteroatoms. The second kappa shape index (κ2) is 4.54. The van der Waals surface area contributed by atoms with Gasteiger partial charge >= 0.3 is 0 Å². The Morgan fingerprint density at radius 3 is 2.58 bits per heavy atom. The molecule has 1 aromatic carbocycles. The molecule has 0 unspecified atom stereocenters. The van der Waals surface area contributed by atoms with Gasteiger partial charge in [-0.25, -0.2) is 0 Å². The molecule has 1 aromatic rings. The Balaban J connectivity index is 2.38. The number of carbonyl (C=O) groups is 1. The maximum atomic E-state index is 10.9. The standard InChI is InChI=1S/C10H13NO/c1-11-10(12)8-7-9-5-3-2-4-6-9/h2-6H,7-8H2,1H3,(H,11,12). The predicted molar refractivity (Wildman–Crippen MR) is 48.8 cm³/mol. The first kappa shape index (κ1) is 8.78. The minimum Gasteiger partial charge on any atom is -0.359 e. The first-order chi connectivity index (χ1) is 5.83. The number of carbonyl (C=O) groups excluding carboxylic acids is 1. The lowest BCUT2D eigenvalue weighted by molar-refractivity contribution is -0.120. The minimum absolute atomic E-state index is 0.0962. The second-order valence-corrected chi connectivity index (χ2v) is 2.66. The van der Waals surface area contributed by atoms with Crippen molar-refractivity contribution >= 4 is 5.91 Å². The summed E-state index contributed by atoms with van der Waals surface area (Å²) in [7, 11) is 1.66. The highest BCUT2D eigenvalue weighted by atomic mass is 16.1. The maximum absolute atomic E-state index is 10.9. The molecule has 1 N–H and O–H groups in total. The van der Waals surface area contributed by atoms with Crippen molar-refractivity contribution in [3.05, 3.63) is 35.9 Å². The number of rotatable bonds is 3. The third-order valence-corrected chi connectivity index (χ3v) is 1.76. The van der Waals surface area contributed by atoms with E-state index in [9.17, 15) is 4.79 Å². The Morgan fingerprint density at radius 1 is 1.33 bits per heavy atom. The lowest BCUT2D eigenvalue weighted by atomic mass is 10.1. The van der Waals surface area contributed by atoms with Crippen LogP contribution in [-0.4, -0.2) is 13.0 Å². The number of hydrogen-bond acceptors (Lipinski definition) is 1. The molecule has 0 atom stereocenters. The molecule has 0 fully saturated rings. The van der Waals surface area contributed by atoms with E-state index in [2.05, 4.69) is 5.32 Å². The van der Waals surface area contributed by atoms with Crippen molar-refractivity contribution in [3.63, 3.8) is 0 Å².